The number of alkyl halides is 1. The van der Waals surface area contributed by atoms with Crippen molar-refractivity contribution >= 4 is 31.9 Å². The van der Waals surface area contributed by atoms with Gasteiger partial charge >= 0.3 is 0 Å². The van der Waals surface area contributed by atoms with E-state index in [0.29, 0.717) is 5.92 Å². The van der Waals surface area contributed by atoms with Crippen LogP contribution < -0.4 is 0 Å². The number of hydrogen-bond donors (Lipinski definition) is 0. The third-order valence-corrected chi connectivity index (χ3v) is 5.57. The molecule has 0 amide bonds. The summed E-state index contributed by atoms with van der Waals surface area (Å²) in [6.07, 6.45) is 1.96. The zero-order chi connectivity index (χ0) is 15.4. The Kier molecular flexibility index (Phi) is 6.06. The number of hydrogen-bond acceptors (Lipinski definition) is 1. The van der Waals surface area contributed by atoms with E-state index in [-0.39, 0.29) is 0 Å². The highest BCUT2D eigenvalue weighted by Gasteiger charge is 2.19. The molecule has 4 heteroatoms. The molecule has 0 radical (unpaired) electrons. The maximum atomic E-state index is 4.70. The monoisotopic (exact) mass is 412 g/mol. The second-order valence-electron chi connectivity index (χ2n) is 5.34. The molecule has 0 fully saturated rings. The Labute approximate surface area is 144 Å². The van der Waals surface area contributed by atoms with E-state index in [2.05, 4.69) is 81.6 Å². The summed E-state index contributed by atoms with van der Waals surface area (Å²) in [6.45, 7) is 7.34. The van der Waals surface area contributed by atoms with Gasteiger partial charge in [-0.15, -0.1) is 0 Å². The fourth-order valence-corrected chi connectivity index (χ4v) is 3.87. The SMILES string of the molecule is CCc1nn(CC)c(CC(CBr)c2ccc(C)cc2)c1Br. The van der Waals surface area contributed by atoms with Gasteiger partial charge in [0.15, 0.2) is 0 Å². The van der Waals surface area contributed by atoms with Crippen LogP contribution in [-0.4, -0.2) is 15.1 Å². The van der Waals surface area contributed by atoms with Crippen LogP contribution in [0.25, 0.3) is 0 Å². The standard InChI is InChI=1S/C17H22Br2N2/c1-4-15-17(19)16(21(5-2)20-15)10-14(11-18)13-8-6-12(3)7-9-13/h6-9,14H,4-5,10-11H2,1-3H3. The summed E-state index contributed by atoms with van der Waals surface area (Å²) in [6, 6.07) is 8.86. The second-order valence-corrected chi connectivity index (χ2v) is 6.78. The van der Waals surface area contributed by atoms with Gasteiger partial charge in [-0.05, 0) is 54.1 Å². The Balaban J connectivity index is 2.30. The average Bonchev–Trinajstić information content (AvgIpc) is 2.81. The molecule has 0 aliphatic rings. The minimum atomic E-state index is 0.466. The van der Waals surface area contributed by atoms with Crippen LogP contribution in [0.3, 0.4) is 0 Å². The molecule has 21 heavy (non-hydrogen) atoms. The molecule has 0 saturated carbocycles. The summed E-state index contributed by atoms with van der Waals surface area (Å²) in [4.78, 5) is 0. The Hall–Kier alpha value is -0.610. The zero-order valence-corrected chi connectivity index (χ0v) is 16.0. The first-order valence-corrected chi connectivity index (χ1v) is 9.38. The third kappa shape index (κ3) is 3.78. The smallest absolute Gasteiger partial charge is 0.0766 e. The summed E-state index contributed by atoms with van der Waals surface area (Å²) in [5.41, 5.74) is 5.15. The van der Waals surface area contributed by atoms with Gasteiger partial charge in [-0.25, -0.2) is 0 Å². The molecule has 0 bridgehead atoms. The van der Waals surface area contributed by atoms with Crippen molar-refractivity contribution in [3.8, 4) is 0 Å². The first-order chi connectivity index (χ1) is 10.1. The van der Waals surface area contributed by atoms with Crippen molar-refractivity contribution in [1.82, 2.24) is 9.78 Å². The highest BCUT2D eigenvalue weighted by Crippen LogP contribution is 2.29. The van der Waals surface area contributed by atoms with E-state index in [1.807, 2.05) is 0 Å². The minimum absolute atomic E-state index is 0.466. The van der Waals surface area contributed by atoms with E-state index >= 15 is 0 Å². The highest BCUT2D eigenvalue weighted by molar-refractivity contribution is 9.10. The van der Waals surface area contributed by atoms with Gasteiger partial charge in [0, 0.05) is 11.9 Å². The molecule has 2 nitrogen and oxygen atoms in total. The van der Waals surface area contributed by atoms with Crippen LogP contribution in [0.1, 0.15) is 42.3 Å². The Bertz CT molecular complexity index is 588. The molecule has 0 spiro atoms. The summed E-state index contributed by atoms with van der Waals surface area (Å²) in [7, 11) is 0. The van der Waals surface area contributed by atoms with Crippen LogP contribution in [0.15, 0.2) is 28.7 Å². The molecule has 1 aromatic heterocycles. The molecule has 2 aromatic rings. The van der Waals surface area contributed by atoms with Crippen molar-refractivity contribution in [2.75, 3.05) is 5.33 Å². The molecule has 1 aromatic carbocycles. The molecular formula is C17H22Br2N2. The predicted molar refractivity (Wildman–Crippen MR) is 96.4 cm³/mol. The van der Waals surface area contributed by atoms with E-state index in [4.69, 9.17) is 5.10 Å². The van der Waals surface area contributed by atoms with Crippen LogP contribution in [0.4, 0.5) is 0 Å². The largest absolute Gasteiger partial charge is 0.268 e. The first kappa shape index (κ1) is 16.8. The normalized spacial score (nSPS) is 12.6. The van der Waals surface area contributed by atoms with Gasteiger partial charge in [0.05, 0.1) is 15.9 Å². The van der Waals surface area contributed by atoms with Crippen LogP contribution in [0.2, 0.25) is 0 Å². The summed E-state index contributed by atoms with van der Waals surface area (Å²) in [5.74, 6) is 0.466. The van der Waals surface area contributed by atoms with Crippen LogP contribution >= 0.6 is 31.9 Å². The lowest BCUT2D eigenvalue weighted by molar-refractivity contribution is 0.594. The molecule has 0 aliphatic heterocycles. The van der Waals surface area contributed by atoms with E-state index in [1.165, 1.54) is 21.3 Å². The molecule has 0 aliphatic carbocycles. The molecule has 1 heterocycles. The lowest BCUT2D eigenvalue weighted by Crippen LogP contribution is -2.10. The van der Waals surface area contributed by atoms with Gasteiger partial charge in [0.25, 0.3) is 0 Å². The summed E-state index contributed by atoms with van der Waals surface area (Å²) in [5, 5.41) is 5.65. The molecule has 0 saturated heterocycles. The van der Waals surface area contributed by atoms with Crippen molar-refractivity contribution < 1.29 is 0 Å². The Morgan fingerprint density at radius 1 is 1.19 bits per heavy atom. The van der Waals surface area contributed by atoms with Crippen LogP contribution in [0.5, 0.6) is 0 Å². The highest BCUT2D eigenvalue weighted by atomic mass is 79.9. The van der Waals surface area contributed by atoms with Gasteiger partial charge in [0.1, 0.15) is 0 Å². The molecule has 0 N–H and O–H groups in total. The zero-order valence-electron chi connectivity index (χ0n) is 12.9. The molecule has 1 atom stereocenters. The number of halogens is 2. The molecule has 1 unspecified atom stereocenters. The quantitative estimate of drug-likeness (QED) is 0.590. The number of rotatable bonds is 6. The first-order valence-electron chi connectivity index (χ1n) is 7.47. The van der Waals surface area contributed by atoms with Crippen LogP contribution in [-0.2, 0) is 19.4 Å². The topological polar surface area (TPSA) is 17.8 Å². The lowest BCUT2D eigenvalue weighted by atomic mass is 9.95. The van der Waals surface area contributed by atoms with Crippen molar-refractivity contribution in [3.63, 3.8) is 0 Å². The van der Waals surface area contributed by atoms with E-state index in [1.54, 1.807) is 0 Å². The minimum Gasteiger partial charge on any atom is -0.268 e. The van der Waals surface area contributed by atoms with E-state index < -0.39 is 0 Å². The van der Waals surface area contributed by atoms with Crippen molar-refractivity contribution in [1.29, 1.82) is 0 Å². The van der Waals surface area contributed by atoms with E-state index in [0.717, 1.165) is 30.4 Å². The summed E-state index contributed by atoms with van der Waals surface area (Å²) < 4.78 is 3.32. The Morgan fingerprint density at radius 3 is 2.38 bits per heavy atom. The lowest BCUT2D eigenvalue weighted by Gasteiger charge is -2.16. The van der Waals surface area contributed by atoms with E-state index in [9.17, 15) is 0 Å². The third-order valence-electron chi connectivity index (χ3n) is 3.87. The van der Waals surface area contributed by atoms with Gasteiger partial charge in [-0.2, -0.15) is 5.10 Å². The van der Waals surface area contributed by atoms with Crippen LogP contribution in [0, 0.1) is 6.92 Å². The van der Waals surface area contributed by atoms with Crippen molar-refractivity contribution in [2.24, 2.45) is 0 Å². The van der Waals surface area contributed by atoms with Gasteiger partial charge in [-0.3, -0.25) is 4.68 Å². The second kappa shape index (κ2) is 7.59. The number of nitrogens with zero attached hydrogens (tertiary/aromatic N) is 2. The van der Waals surface area contributed by atoms with Crippen molar-refractivity contribution in [2.45, 2.75) is 46.1 Å². The number of aromatic nitrogens is 2. The summed E-state index contributed by atoms with van der Waals surface area (Å²) >= 11 is 7.42. The number of aryl methyl sites for hydroxylation is 3. The predicted octanol–water partition coefficient (Wildman–Crippen LogP) is 5.26. The maximum absolute atomic E-state index is 4.70. The molecular weight excluding hydrogens is 392 g/mol. The fourth-order valence-electron chi connectivity index (χ4n) is 2.55. The van der Waals surface area contributed by atoms with Crippen molar-refractivity contribution in [3.05, 3.63) is 51.3 Å². The fraction of sp³-hybridized carbons (Fsp3) is 0.471. The number of benzene rings is 1. The van der Waals surface area contributed by atoms with Gasteiger partial charge < -0.3 is 0 Å². The average molecular weight is 414 g/mol. The Morgan fingerprint density at radius 2 is 1.86 bits per heavy atom. The maximum Gasteiger partial charge on any atom is 0.0766 e. The molecule has 2 rings (SSSR count). The van der Waals surface area contributed by atoms with Gasteiger partial charge in [0.2, 0.25) is 0 Å². The van der Waals surface area contributed by atoms with Gasteiger partial charge in [-0.1, -0.05) is 52.7 Å². The molecule has 114 valence electrons.